The first-order chi connectivity index (χ1) is 8.49. The molecule has 7 nitrogen and oxygen atoms in total. The number of nitrogens with zero attached hydrogens (tertiary/aromatic N) is 2. The third-order valence-corrected chi connectivity index (χ3v) is 2.99. The Balaban J connectivity index is 2.29. The number of carbonyl (C=O) groups excluding carboxylic acids is 1. The third kappa shape index (κ3) is 2.25. The second kappa shape index (κ2) is 4.61. The molecule has 7 heteroatoms. The molecule has 1 aliphatic heterocycles. The SMILES string of the molecule is Nc1ccc([N+](=O)[O-])cc1C(=O)N1CC[C@@H](N)C1. The predicted octanol–water partition coefficient (Wildman–Crippen LogP) is 0.350. The summed E-state index contributed by atoms with van der Waals surface area (Å²) in [6.45, 7) is 1.02. The number of nitrogens with two attached hydrogens (primary N) is 2. The van der Waals surface area contributed by atoms with Crippen molar-refractivity contribution in [2.75, 3.05) is 18.8 Å². The van der Waals surface area contributed by atoms with Gasteiger partial charge in [0.1, 0.15) is 0 Å². The molecule has 0 aromatic heterocycles. The molecule has 1 atom stereocenters. The molecule has 2 rings (SSSR count). The van der Waals surface area contributed by atoms with Gasteiger partial charge in [0.05, 0.1) is 10.5 Å². The van der Waals surface area contributed by atoms with Crippen LogP contribution in [0.15, 0.2) is 18.2 Å². The first-order valence-electron chi connectivity index (χ1n) is 5.58. The Bertz CT molecular complexity index is 503. The van der Waals surface area contributed by atoms with Crippen molar-refractivity contribution < 1.29 is 9.72 Å². The van der Waals surface area contributed by atoms with E-state index < -0.39 is 4.92 Å². The highest BCUT2D eigenvalue weighted by Crippen LogP contribution is 2.22. The van der Waals surface area contributed by atoms with Gasteiger partial charge in [-0.1, -0.05) is 0 Å². The maximum atomic E-state index is 12.2. The zero-order valence-electron chi connectivity index (χ0n) is 9.70. The van der Waals surface area contributed by atoms with E-state index in [4.69, 9.17) is 11.5 Å². The zero-order valence-corrected chi connectivity index (χ0v) is 9.70. The first kappa shape index (κ1) is 12.3. The van der Waals surface area contributed by atoms with Crippen LogP contribution in [0.1, 0.15) is 16.8 Å². The van der Waals surface area contributed by atoms with Crippen molar-refractivity contribution in [3.05, 3.63) is 33.9 Å². The van der Waals surface area contributed by atoms with Crippen molar-refractivity contribution in [2.24, 2.45) is 5.73 Å². The van der Waals surface area contributed by atoms with Gasteiger partial charge in [-0.3, -0.25) is 14.9 Å². The minimum Gasteiger partial charge on any atom is -0.398 e. The lowest BCUT2D eigenvalue weighted by atomic mass is 10.1. The maximum absolute atomic E-state index is 12.2. The van der Waals surface area contributed by atoms with E-state index in [0.717, 1.165) is 6.42 Å². The smallest absolute Gasteiger partial charge is 0.270 e. The van der Waals surface area contributed by atoms with Crippen LogP contribution in [0.5, 0.6) is 0 Å². The molecule has 1 fully saturated rings. The molecule has 1 aliphatic rings. The zero-order chi connectivity index (χ0) is 13.3. The van der Waals surface area contributed by atoms with Crippen LogP contribution in [0, 0.1) is 10.1 Å². The van der Waals surface area contributed by atoms with Crippen LogP contribution in [0.3, 0.4) is 0 Å². The van der Waals surface area contributed by atoms with Gasteiger partial charge in [0.2, 0.25) is 0 Å². The number of hydrogen-bond acceptors (Lipinski definition) is 5. The van der Waals surface area contributed by atoms with Gasteiger partial charge in [-0.05, 0) is 12.5 Å². The number of nitro benzene ring substituents is 1. The van der Waals surface area contributed by atoms with Gasteiger partial charge in [0, 0.05) is 37.0 Å². The van der Waals surface area contributed by atoms with Crippen molar-refractivity contribution in [2.45, 2.75) is 12.5 Å². The quantitative estimate of drug-likeness (QED) is 0.446. The Kier molecular flexibility index (Phi) is 3.15. The summed E-state index contributed by atoms with van der Waals surface area (Å²) >= 11 is 0. The molecule has 0 unspecified atom stereocenters. The highest BCUT2D eigenvalue weighted by Gasteiger charge is 2.26. The molecule has 96 valence electrons. The number of nitro groups is 1. The summed E-state index contributed by atoms with van der Waals surface area (Å²) in [7, 11) is 0. The number of nitrogen functional groups attached to an aromatic ring is 1. The maximum Gasteiger partial charge on any atom is 0.270 e. The van der Waals surface area contributed by atoms with Gasteiger partial charge >= 0.3 is 0 Å². The second-order valence-corrected chi connectivity index (χ2v) is 4.33. The fraction of sp³-hybridized carbons (Fsp3) is 0.364. The summed E-state index contributed by atoms with van der Waals surface area (Å²) in [5.41, 5.74) is 11.7. The molecule has 1 aromatic rings. The summed E-state index contributed by atoms with van der Waals surface area (Å²) in [5, 5.41) is 10.7. The lowest BCUT2D eigenvalue weighted by Crippen LogP contribution is -2.32. The number of non-ortho nitro benzene ring substituents is 1. The molecular weight excluding hydrogens is 236 g/mol. The van der Waals surface area contributed by atoms with E-state index in [9.17, 15) is 14.9 Å². The van der Waals surface area contributed by atoms with Gasteiger partial charge in [0.15, 0.2) is 0 Å². The molecule has 0 spiro atoms. The molecule has 1 amide bonds. The average Bonchev–Trinajstić information content (AvgIpc) is 2.75. The summed E-state index contributed by atoms with van der Waals surface area (Å²) < 4.78 is 0. The predicted molar refractivity (Wildman–Crippen MR) is 66.0 cm³/mol. The van der Waals surface area contributed by atoms with Gasteiger partial charge in [-0.25, -0.2) is 0 Å². The molecule has 0 bridgehead atoms. The Morgan fingerprint density at radius 3 is 2.78 bits per heavy atom. The molecule has 4 N–H and O–H groups in total. The molecule has 1 saturated heterocycles. The van der Waals surface area contributed by atoms with Crippen molar-refractivity contribution in [1.29, 1.82) is 0 Å². The Hall–Kier alpha value is -2.15. The normalized spacial score (nSPS) is 18.9. The number of benzene rings is 1. The number of carbonyl (C=O) groups is 1. The fourth-order valence-corrected chi connectivity index (χ4v) is 1.99. The number of rotatable bonds is 2. The standard InChI is InChI=1S/C11H14N4O3/c12-7-3-4-14(6-7)11(16)9-5-8(15(17)18)1-2-10(9)13/h1-2,5,7H,3-4,6,12-13H2/t7-/m1/s1. The van der Waals surface area contributed by atoms with Crippen molar-refractivity contribution in [3.63, 3.8) is 0 Å². The molecule has 1 aromatic carbocycles. The van der Waals surface area contributed by atoms with Crippen LogP contribution >= 0.6 is 0 Å². The van der Waals surface area contributed by atoms with E-state index in [-0.39, 0.29) is 28.9 Å². The lowest BCUT2D eigenvalue weighted by molar-refractivity contribution is -0.384. The van der Waals surface area contributed by atoms with Crippen LogP contribution in [0.25, 0.3) is 0 Å². The molecular formula is C11H14N4O3. The first-order valence-corrected chi connectivity index (χ1v) is 5.58. The minimum absolute atomic E-state index is 0.0335. The van der Waals surface area contributed by atoms with Crippen LogP contribution in [0.2, 0.25) is 0 Å². The second-order valence-electron chi connectivity index (χ2n) is 4.33. The van der Waals surface area contributed by atoms with E-state index in [2.05, 4.69) is 0 Å². The van der Waals surface area contributed by atoms with Crippen molar-refractivity contribution in [1.82, 2.24) is 4.90 Å². The van der Waals surface area contributed by atoms with Gasteiger partial charge in [-0.2, -0.15) is 0 Å². The summed E-state index contributed by atoms with van der Waals surface area (Å²) in [5.74, 6) is -0.302. The van der Waals surface area contributed by atoms with E-state index in [1.165, 1.54) is 18.2 Å². The fourth-order valence-electron chi connectivity index (χ4n) is 1.99. The van der Waals surface area contributed by atoms with Crippen LogP contribution in [-0.4, -0.2) is 34.9 Å². The molecule has 1 heterocycles. The van der Waals surface area contributed by atoms with Crippen LogP contribution < -0.4 is 11.5 Å². The van der Waals surface area contributed by atoms with Gasteiger partial charge in [0.25, 0.3) is 11.6 Å². The lowest BCUT2D eigenvalue weighted by Gasteiger charge is -2.16. The molecule has 0 aliphatic carbocycles. The largest absolute Gasteiger partial charge is 0.398 e. The highest BCUT2D eigenvalue weighted by molar-refractivity contribution is 6.00. The molecule has 0 saturated carbocycles. The van der Waals surface area contributed by atoms with Gasteiger partial charge in [-0.15, -0.1) is 0 Å². The number of hydrogen-bond donors (Lipinski definition) is 2. The van der Waals surface area contributed by atoms with E-state index in [0.29, 0.717) is 13.1 Å². The monoisotopic (exact) mass is 250 g/mol. The summed E-state index contributed by atoms with van der Waals surface area (Å²) in [6.07, 6.45) is 0.737. The minimum atomic E-state index is -0.550. The molecule has 0 radical (unpaired) electrons. The number of anilines is 1. The van der Waals surface area contributed by atoms with E-state index in [1.807, 2.05) is 0 Å². The Morgan fingerprint density at radius 1 is 1.50 bits per heavy atom. The summed E-state index contributed by atoms with van der Waals surface area (Å²) in [4.78, 5) is 23.9. The number of likely N-dealkylation sites (tertiary alicyclic amines) is 1. The molecule has 18 heavy (non-hydrogen) atoms. The third-order valence-electron chi connectivity index (χ3n) is 2.99. The number of amides is 1. The Labute approximate surface area is 104 Å². The van der Waals surface area contributed by atoms with E-state index in [1.54, 1.807) is 4.90 Å². The van der Waals surface area contributed by atoms with Crippen molar-refractivity contribution in [3.8, 4) is 0 Å². The average molecular weight is 250 g/mol. The van der Waals surface area contributed by atoms with Crippen LogP contribution in [-0.2, 0) is 0 Å². The van der Waals surface area contributed by atoms with E-state index >= 15 is 0 Å². The van der Waals surface area contributed by atoms with Crippen molar-refractivity contribution >= 4 is 17.3 Å². The van der Waals surface area contributed by atoms with Gasteiger partial charge < -0.3 is 16.4 Å². The topological polar surface area (TPSA) is 115 Å². The Morgan fingerprint density at radius 2 is 2.22 bits per heavy atom. The highest BCUT2D eigenvalue weighted by atomic mass is 16.6. The summed E-state index contributed by atoms with van der Waals surface area (Å²) in [6, 6.07) is 3.83. The van der Waals surface area contributed by atoms with Crippen LogP contribution in [0.4, 0.5) is 11.4 Å².